The maximum absolute atomic E-state index is 12.0. The van der Waals surface area contributed by atoms with Gasteiger partial charge >= 0.3 is 5.97 Å². The Kier molecular flexibility index (Phi) is 5.38. The van der Waals surface area contributed by atoms with Crippen molar-refractivity contribution >= 4 is 28.7 Å². The Hall–Kier alpha value is -3.06. The van der Waals surface area contributed by atoms with Gasteiger partial charge in [-0.05, 0) is 50.2 Å². The first kappa shape index (κ1) is 17.8. The molecule has 0 saturated carbocycles. The molecule has 3 rings (SSSR count). The van der Waals surface area contributed by atoms with Gasteiger partial charge < -0.3 is 4.74 Å². The Morgan fingerprint density at radius 2 is 1.69 bits per heavy atom. The summed E-state index contributed by atoms with van der Waals surface area (Å²) in [6.45, 7) is 3.88. The molecule has 7 heteroatoms. The molecule has 26 heavy (non-hydrogen) atoms. The van der Waals surface area contributed by atoms with Crippen LogP contribution < -0.4 is 4.80 Å². The Morgan fingerprint density at radius 3 is 2.31 bits per heavy atom. The standard InChI is InChI=1S/C19H18N4O2S/c1-3-25-18(24)17-13(2)23(19(20)26-17)16-11-9-15(10-12-16)22-21-14-7-5-4-6-8-14/h4-12,20H,3H2,1-2H3. The molecule has 0 bridgehead atoms. The highest BCUT2D eigenvalue weighted by atomic mass is 32.1. The summed E-state index contributed by atoms with van der Waals surface area (Å²) in [4.78, 5) is 12.7. The molecule has 2 aromatic carbocycles. The number of aromatic nitrogens is 1. The van der Waals surface area contributed by atoms with Gasteiger partial charge in [0.25, 0.3) is 0 Å². The monoisotopic (exact) mass is 366 g/mol. The van der Waals surface area contributed by atoms with Crippen LogP contribution in [0.1, 0.15) is 22.3 Å². The summed E-state index contributed by atoms with van der Waals surface area (Å²) in [5.41, 5.74) is 2.98. The number of esters is 1. The molecule has 0 radical (unpaired) electrons. The van der Waals surface area contributed by atoms with E-state index in [4.69, 9.17) is 10.1 Å². The van der Waals surface area contributed by atoms with Gasteiger partial charge in [-0.25, -0.2) is 4.79 Å². The van der Waals surface area contributed by atoms with Crippen LogP contribution in [0.2, 0.25) is 0 Å². The summed E-state index contributed by atoms with van der Waals surface area (Å²) < 4.78 is 6.77. The average molecular weight is 366 g/mol. The lowest BCUT2D eigenvalue weighted by atomic mass is 10.2. The molecule has 0 amide bonds. The van der Waals surface area contributed by atoms with Crippen molar-refractivity contribution in [1.82, 2.24) is 4.57 Å². The number of nitrogens with zero attached hydrogens (tertiary/aromatic N) is 3. The Labute approximate surface area is 154 Å². The minimum absolute atomic E-state index is 0.268. The number of rotatable bonds is 5. The summed E-state index contributed by atoms with van der Waals surface area (Å²) in [6, 6.07) is 16.9. The van der Waals surface area contributed by atoms with Gasteiger partial charge in [-0.2, -0.15) is 10.2 Å². The molecule has 0 spiro atoms. The smallest absolute Gasteiger partial charge is 0.350 e. The van der Waals surface area contributed by atoms with Crippen molar-refractivity contribution in [3.05, 3.63) is 70.0 Å². The molecule has 0 saturated heterocycles. The minimum atomic E-state index is -0.393. The van der Waals surface area contributed by atoms with Crippen LogP contribution in [0.3, 0.4) is 0 Å². The fraction of sp³-hybridized carbons (Fsp3) is 0.158. The minimum Gasteiger partial charge on any atom is -0.462 e. The topological polar surface area (TPSA) is 79.8 Å². The number of hydrogen-bond donors (Lipinski definition) is 1. The number of hydrogen-bond acceptors (Lipinski definition) is 6. The normalized spacial score (nSPS) is 11.0. The van der Waals surface area contributed by atoms with Crippen LogP contribution in [0, 0.1) is 12.3 Å². The summed E-state index contributed by atoms with van der Waals surface area (Å²) >= 11 is 1.11. The first-order valence-corrected chi connectivity index (χ1v) is 8.93. The second-order valence-corrected chi connectivity index (χ2v) is 6.43. The van der Waals surface area contributed by atoms with Crippen molar-refractivity contribution in [1.29, 1.82) is 5.41 Å². The third-order valence-corrected chi connectivity index (χ3v) is 4.71. The predicted octanol–water partition coefficient (Wildman–Crippen LogP) is 4.92. The van der Waals surface area contributed by atoms with E-state index < -0.39 is 5.97 Å². The SMILES string of the molecule is CCOC(=O)c1sc(=N)n(-c2ccc(N=Nc3ccccc3)cc2)c1C. The van der Waals surface area contributed by atoms with E-state index in [0.29, 0.717) is 22.9 Å². The van der Waals surface area contributed by atoms with Gasteiger partial charge in [0.05, 0.1) is 18.0 Å². The summed E-state index contributed by atoms with van der Waals surface area (Å²) in [5, 5.41) is 16.6. The van der Waals surface area contributed by atoms with Crippen molar-refractivity contribution in [2.75, 3.05) is 6.61 Å². The van der Waals surface area contributed by atoms with Gasteiger partial charge in [0.1, 0.15) is 4.88 Å². The van der Waals surface area contributed by atoms with Crippen LogP contribution in [0.5, 0.6) is 0 Å². The van der Waals surface area contributed by atoms with E-state index in [9.17, 15) is 4.79 Å². The van der Waals surface area contributed by atoms with Gasteiger partial charge in [0.15, 0.2) is 4.80 Å². The zero-order valence-electron chi connectivity index (χ0n) is 14.5. The maximum atomic E-state index is 12.0. The number of azo groups is 1. The molecule has 3 aromatic rings. The van der Waals surface area contributed by atoms with E-state index in [1.54, 1.807) is 11.5 Å². The van der Waals surface area contributed by atoms with E-state index in [1.165, 1.54) is 0 Å². The van der Waals surface area contributed by atoms with Gasteiger partial charge in [-0.15, -0.1) is 0 Å². The molecule has 0 aliphatic heterocycles. The van der Waals surface area contributed by atoms with Crippen molar-refractivity contribution in [2.45, 2.75) is 13.8 Å². The van der Waals surface area contributed by atoms with Gasteiger partial charge in [0, 0.05) is 11.4 Å². The molecular formula is C19H18N4O2S. The second kappa shape index (κ2) is 7.88. The zero-order valence-corrected chi connectivity index (χ0v) is 15.3. The molecule has 1 aromatic heterocycles. The predicted molar refractivity (Wildman–Crippen MR) is 101 cm³/mol. The Balaban J connectivity index is 1.86. The van der Waals surface area contributed by atoms with Crippen LogP contribution in [0.4, 0.5) is 11.4 Å². The maximum Gasteiger partial charge on any atom is 0.350 e. The number of ether oxygens (including phenoxy) is 1. The van der Waals surface area contributed by atoms with Crippen molar-refractivity contribution in [3.63, 3.8) is 0 Å². The second-order valence-electron chi connectivity index (χ2n) is 5.43. The van der Waals surface area contributed by atoms with E-state index >= 15 is 0 Å². The third kappa shape index (κ3) is 3.78. The van der Waals surface area contributed by atoms with Crippen LogP contribution in [-0.4, -0.2) is 17.1 Å². The molecule has 0 atom stereocenters. The number of benzene rings is 2. The third-order valence-electron chi connectivity index (χ3n) is 3.67. The quantitative estimate of drug-likeness (QED) is 0.514. The van der Waals surface area contributed by atoms with Gasteiger partial charge in [0.2, 0.25) is 0 Å². The Bertz CT molecular complexity index is 989. The lowest BCUT2D eigenvalue weighted by molar-refractivity contribution is 0.0531. The molecule has 0 aliphatic carbocycles. The van der Waals surface area contributed by atoms with E-state index in [-0.39, 0.29) is 4.80 Å². The van der Waals surface area contributed by atoms with Crippen LogP contribution in [0.15, 0.2) is 64.8 Å². The highest BCUT2D eigenvalue weighted by Crippen LogP contribution is 2.22. The van der Waals surface area contributed by atoms with E-state index in [0.717, 1.165) is 22.7 Å². The van der Waals surface area contributed by atoms with Gasteiger partial charge in [-0.3, -0.25) is 9.98 Å². The lowest BCUT2D eigenvalue weighted by Crippen LogP contribution is -2.12. The number of carbonyl (C=O) groups is 1. The van der Waals surface area contributed by atoms with E-state index in [2.05, 4.69) is 10.2 Å². The summed E-state index contributed by atoms with van der Waals surface area (Å²) in [5.74, 6) is -0.393. The summed E-state index contributed by atoms with van der Waals surface area (Å²) in [7, 11) is 0. The largest absolute Gasteiger partial charge is 0.462 e. The lowest BCUT2D eigenvalue weighted by Gasteiger charge is -2.06. The number of nitrogens with one attached hydrogen (secondary N) is 1. The molecular weight excluding hydrogens is 348 g/mol. The number of thiazole rings is 1. The first-order chi connectivity index (χ1) is 12.6. The average Bonchev–Trinajstić information content (AvgIpc) is 2.96. The zero-order chi connectivity index (χ0) is 18.5. The number of carbonyl (C=O) groups excluding carboxylic acids is 1. The molecule has 1 N–H and O–H groups in total. The van der Waals surface area contributed by atoms with Crippen molar-refractivity contribution in [2.24, 2.45) is 10.2 Å². The summed E-state index contributed by atoms with van der Waals surface area (Å²) in [6.07, 6.45) is 0. The molecule has 132 valence electrons. The highest BCUT2D eigenvalue weighted by Gasteiger charge is 2.18. The van der Waals surface area contributed by atoms with Crippen LogP contribution in [0.25, 0.3) is 5.69 Å². The van der Waals surface area contributed by atoms with Crippen molar-refractivity contribution in [3.8, 4) is 5.69 Å². The Morgan fingerprint density at radius 1 is 1.08 bits per heavy atom. The fourth-order valence-electron chi connectivity index (χ4n) is 2.45. The molecule has 6 nitrogen and oxygen atoms in total. The first-order valence-electron chi connectivity index (χ1n) is 8.11. The molecule has 1 heterocycles. The molecule has 0 unspecified atom stereocenters. The fourth-order valence-corrected chi connectivity index (χ4v) is 3.35. The molecule has 0 fully saturated rings. The highest BCUT2D eigenvalue weighted by molar-refractivity contribution is 7.11. The van der Waals surface area contributed by atoms with Crippen LogP contribution in [-0.2, 0) is 4.74 Å². The van der Waals surface area contributed by atoms with E-state index in [1.807, 2.05) is 61.5 Å². The molecule has 0 aliphatic rings. The van der Waals surface area contributed by atoms with Gasteiger partial charge in [-0.1, -0.05) is 29.5 Å². The van der Waals surface area contributed by atoms with Crippen LogP contribution >= 0.6 is 11.3 Å². The van der Waals surface area contributed by atoms with Crippen molar-refractivity contribution < 1.29 is 9.53 Å².